The lowest BCUT2D eigenvalue weighted by Crippen LogP contribution is -2.40. The Morgan fingerprint density at radius 2 is 1.83 bits per heavy atom. The minimum Gasteiger partial charge on any atom is -0.508 e. The van der Waals surface area contributed by atoms with Crippen LogP contribution in [0.1, 0.15) is 16.7 Å². The van der Waals surface area contributed by atoms with Gasteiger partial charge in [0, 0.05) is 13.0 Å². The molecule has 2 heterocycles. The highest BCUT2D eigenvalue weighted by atomic mass is 19.1. The van der Waals surface area contributed by atoms with Crippen LogP contribution in [0.4, 0.5) is 9.18 Å². The Kier molecular flexibility index (Phi) is 3.26. The molecular formula is C18H15FN2O3. The summed E-state index contributed by atoms with van der Waals surface area (Å²) in [4.78, 5) is 28.0. The van der Waals surface area contributed by atoms with Crippen LogP contribution < -0.4 is 0 Å². The number of benzene rings is 2. The topological polar surface area (TPSA) is 60.9 Å². The van der Waals surface area contributed by atoms with Gasteiger partial charge in [-0.3, -0.25) is 9.69 Å². The largest absolute Gasteiger partial charge is 0.508 e. The van der Waals surface area contributed by atoms with Gasteiger partial charge in [-0.25, -0.2) is 9.18 Å². The van der Waals surface area contributed by atoms with E-state index in [0.717, 1.165) is 11.1 Å². The zero-order valence-corrected chi connectivity index (χ0v) is 12.8. The molecule has 0 radical (unpaired) electrons. The lowest BCUT2D eigenvalue weighted by molar-refractivity contribution is -0.128. The van der Waals surface area contributed by atoms with Gasteiger partial charge in [0.05, 0.1) is 6.54 Å². The molecule has 1 fully saturated rings. The number of imide groups is 1. The summed E-state index contributed by atoms with van der Waals surface area (Å²) in [6, 6.07) is 9.93. The fourth-order valence-corrected chi connectivity index (χ4v) is 3.34. The number of rotatable bonds is 2. The zero-order chi connectivity index (χ0) is 16.8. The number of nitrogens with zero attached hydrogens (tertiary/aromatic N) is 2. The number of halogens is 1. The molecule has 5 nitrogen and oxygen atoms in total. The van der Waals surface area contributed by atoms with Crippen molar-refractivity contribution >= 4 is 11.9 Å². The molecule has 6 heteroatoms. The second-order valence-electron chi connectivity index (χ2n) is 6.13. The van der Waals surface area contributed by atoms with E-state index in [1.165, 1.54) is 21.9 Å². The van der Waals surface area contributed by atoms with E-state index in [-0.39, 0.29) is 30.0 Å². The quantitative estimate of drug-likeness (QED) is 0.862. The third kappa shape index (κ3) is 2.31. The van der Waals surface area contributed by atoms with Crippen LogP contribution in [-0.4, -0.2) is 32.9 Å². The zero-order valence-electron chi connectivity index (χ0n) is 12.8. The van der Waals surface area contributed by atoms with E-state index in [0.29, 0.717) is 18.5 Å². The molecule has 24 heavy (non-hydrogen) atoms. The summed E-state index contributed by atoms with van der Waals surface area (Å²) >= 11 is 0. The number of fused-ring (bicyclic) bond motifs is 2. The molecule has 0 unspecified atom stereocenters. The summed E-state index contributed by atoms with van der Waals surface area (Å²) in [6.07, 6.45) is 0.445. The Hall–Kier alpha value is -2.89. The summed E-state index contributed by atoms with van der Waals surface area (Å²) in [6.45, 7) is 0.436. The predicted molar refractivity (Wildman–Crippen MR) is 83.5 cm³/mol. The molecule has 2 aromatic rings. The number of hydrogen-bond acceptors (Lipinski definition) is 3. The van der Waals surface area contributed by atoms with Crippen LogP contribution in [0.3, 0.4) is 0 Å². The number of phenols is 1. The maximum absolute atomic E-state index is 13.0. The molecule has 0 bridgehead atoms. The van der Waals surface area contributed by atoms with E-state index in [2.05, 4.69) is 0 Å². The van der Waals surface area contributed by atoms with Gasteiger partial charge in [-0.05, 0) is 41.0 Å². The van der Waals surface area contributed by atoms with Crippen molar-refractivity contribution in [3.05, 3.63) is 65.0 Å². The molecular weight excluding hydrogens is 311 g/mol. The molecule has 4 rings (SSSR count). The van der Waals surface area contributed by atoms with Crippen LogP contribution in [0, 0.1) is 5.82 Å². The maximum atomic E-state index is 13.0. The fourth-order valence-electron chi connectivity index (χ4n) is 3.34. The average molecular weight is 326 g/mol. The van der Waals surface area contributed by atoms with Crippen LogP contribution in [0.15, 0.2) is 42.5 Å². The minimum absolute atomic E-state index is 0.131. The lowest BCUT2D eigenvalue weighted by atomic mass is 9.94. The van der Waals surface area contributed by atoms with Crippen molar-refractivity contribution in [3.8, 4) is 5.75 Å². The van der Waals surface area contributed by atoms with Crippen molar-refractivity contribution in [1.29, 1.82) is 0 Å². The molecule has 0 saturated carbocycles. The highest BCUT2D eigenvalue weighted by Crippen LogP contribution is 2.32. The second kappa shape index (κ2) is 5.33. The standard InChI is InChI=1S/C18H15FN2O3/c19-14-4-1-11(2-5-14)9-21-17(23)16-8-12-3-6-15(22)7-13(12)10-20(16)18(21)24/h1-7,16,22H,8-10H2/t16-/m0/s1. The van der Waals surface area contributed by atoms with Gasteiger partial charge in [-0.15, -0.1) is 0 Å². The van der Waals surface area contributed by atoms with Crippen LogP contribution in [0.5, 0.6) is 5.75 Å². The predicted octanol–water partition coefficient (Wildman–Crippen LogP) is 2.42. The van der Waals surface area contributed by atoms with E-state index in [1.807, 2.05) is 0 Å². The third-order valence-electron chi connectivity index (χ3n) is 4.60. The molecule has 2 aliphatic rings. The number of amides is 3. The third-order valence-corrected chi connectivity index (χ3v) is 4.60. The Bertz CT molecular complexity index is 835. The molecule has 0 spiro atoms. The van der Waals surface area contributed by atoms with Crippen molar-refractivity contribution in [2.45, 2.75) is 25.6 Å². The first-order chi connectivity index (χ1) is 11.5. The smallest absolute Gasteiger partial charge is 0.328 e. The normalized spacial score (nSPS) is 19.5. The SMILES string of the molecule is O=C1[C@@H]2Cc3ccc(O)cc3CN2C(=O)N1Cc1ccc(F)cc1. The van der Waals surface area contributed by atoms with Crippen LogP contribution in [-0.2, 0) is 24.3 Å². The number of carbonyl (C=O) groups is 2. The Labute approximate surface area is 137 Å². The van der Waals surface area contributed by atoms with Crippen molar-refractivity contribution in [2.75, 3.05) is 0 Å². The molecule has 1 saturated heterocycles. The summed E-state index contributed by atoms with van der Waals surface area (Å²) in [7, 11) is 0. The number of phenolic OH excluding ortho intramolecular Hbond substituents is 1. The van der Waals surface area contributed by atoms with Gasteiger partial charge in [0.1, 0.15) is 17.6 Å². The summed E-state index contributed by atoms with van der Waals surface area (Å²) in [5.74, 6) is -0.443. The Morgan fingerprint density at radius 1 is 1.08 bits per heavy atom. The first-order valence-electron chi connectivity index (χ1n) is 7.70. The van der Waals surface area contributed by atoms with E-state index < -0.39 is 6.04 Å². The van der Waals surface area contributed by atoms with Gasteiger partial charge in [-0.2, -0.15) is 0 Å². The monoisotopic (exact) mass is 326 g/mol. The molecule has 1 N–H and O–H groups in total. The lowest BCUT2D eigenvalue weighted by Gasteiger charge is -2.28. The van der Waals surface area contributed by atoms with Crippen LogP contribution in [0.25, 0.3) is 0 Å². The highest BCUT2D eigenvalue weighted by molar-refractivity contribution is 6.04. The summed E-state index contributed by atoms with van der Waals surface area (Å²) in [5.41, 5.74) is 2.53. The average Bonchev–Trinajstić information content (AvgIpc) is 2.79. The Morgan fingerprint density at radius 3 is 2.58 bits per heavy atom. The van der Waals surface area contributed by atoms with Crippen LogP contribution >= 0.6 is 0 Å². The van der Waals surface area contributed by atoms with Gasteiger partial charge < -0.3 is 10.0 Å². The molecule has 122 valence electrons. The molecule has 0 aliphatic carbocycles. The van der Waals surface area contributed by atoms with Gasteiger partial charge in [0.15, 0.2) is 0 Å². The maximum Gasteiger partial charge on any atom is 0.328 e. The number of hydrogen-bond donors (Lipinski definition) is 1. The van der Waals surface area contributed by atoms with Gasteiger partial charge in [0.25, 0.3) is 5.91 Å². The Balaban J connectivity index is 1.60. The van der Waals surface area contributed by atoms with Crippen LogP contribution in [0.2, 0.25) is 0 Å². The van der Waals surface area contributed by atoms with Gasteiger partial charge in [-0.1, -0.05) is 18.2 Å². The fraction of sp³-hybridized carbons (Fsp3) is 0.222. The van der Waals surface area contributed by atoms with Crippen molar-refractivity contribution in [3.63, 3.8) is 0 Å². The highest BCUT2D eigenvalue weighted by Gasteiger charge is 2.47. The first kappa shape index (κ1) is 14.7. The van der Waals surface area contributed by atoms with Crippen molar-refractivity contribution in [1.82, 2.24) is 9.80 Å². The summed E-state index contributed by atoms with van der Waals surface area (Å²) in [5, 5.41) is 9.60. The van der Waals surface area contributed by atoms with Crippen molar-refractivity contribution in [2.24, 2.45) is 0 Å². The van der Waals surface area contributed by atoms with E-state index in [9.17, 15) is 19.1 Å². The molecule has 0 aromatic heterocycles. The summed E-state index contributed by atoms with van der Waals surface area (Å²) < 4.78 is 13.0. The van der Waals surface area contributed by atoms with E-state index in [4.69, 9.17) is 0 Å². The van der Waals surface area contributed by atoms with Gasteiger partial charge in [0.2, 0.25) is 0 Å². The number of urea groups is 1. The second-order valence-corrected chi connectivity index (χ2v) is 6.13. The molecule has 2 aromatic carbocycles. The minimum atomic E-state index is -0.505. The van der Waals surface area contributed by atoms with Crippen molar-refractivity contribution < 1.29 is 19.1 Å². The molecule has 2 aliphatic heterocycles. The number of carbonyl (C=O) groups excluding carboxylic acids is 2. The molecule has 1 atom stereocenters. The number of aromatic hydroxyl groups is 1. The molecule has 3 amide bonds. The van der Waals surface area contributed by atoms with E-state index in [1.54, 1.807) is 30.3 Å². The van der Waals surface area contributed by atoms with Gasteiger partial charge >= 0.3 is 6.03 Å². The van der Waals surface area contributed by atoms with E-state index >= 15 is 0 Å². The first-order valence-corrected chi connectivity index (χ1v) is 7.70.